The Hall–Kier alpha value is -12.8. The second-order valence-electron chi connectivity index (χ2n) is 34.5. The van der Waals surface area contributed by atoms with E-state index in [9.17, 15) is 14.4 Å². The monoisotopic (exact) mass is 1920 g/mol. The van der Waals surface area contributed by atoms with Gasteiger partial charge in [-0.2, -0.15) is 0 Å². The van der Waals surface area contributed by atoms with E-state index in [1.807, 2.05) is 162 Å². The van der Waals surface area contributed by atoms with E-state index in [-0.39, 0.29) is 31.5 Å². The molecule has 3 aromatic heterocycles. The maximum atomic E-state index is 12.4. The molecule has 1 fully saturated rings. The van der Waals surface area contributed by atoms with Crippen LogP contribution in [0.25, 0.3) is 121 Å². The van der Waals surface area contributed by atoms with Crippen molar-refractivity contribution in [2.45, 2.75) is 317 Å². The van der Waals surface area contributed by atoms with Crippen LogP contribution in [0.4, 0.5) is 0 Å². The van der Waals surface area contributed by atoms with Crippen molar-refractivity contribution in [2.75, 3.05) is 0 Å². The zero-order valence-corrected chi connectivity index (χ0v) is 90.9. The predicted molar refractivity (Wildman–Crippen MR) is 633 cm³/mol. The SMILES string of the molecule is C.C.CC.CC.CC.CC.CC.CC.CCc1ccc(-c2cc(=O)c3cc(CC)ccc3o2)cc1.CCc1ccc(-c2cc3cc(CC)cc(CC)c3oc2=O)cc1.CCc1ccc(-c2cc3ccc(CC)cc3oc2=O)cc1.CCc1ccc(-c2ccc(-c3ccc(CC)cc3)cc2)cc1.CCc1ccc(-c2ccc(C3CCC(CC)CC3)cc2)c(C)c1C.CCc1ccc2cc3cc(CC)ccc3cc2c1. The molecule has 17 aromatic rings. The molecule has 0 spiro atoms. The summed E-state index contributed by atoms with van der Waals surface area (Å²) in [5.41, 5.74) is 33.4. The van der Waals surface area contributed by atoms with Gasteiger partial charge in [0, 0.05) is 22.4 Å². The molecule has 758 valence electrons. The predicted octanol–water partition coefficient (Wildman–Crippen LogP) is 40.2. The lowest BCUT2D eigenvalue weighted by Gasteiger charge is -2.28. The van der Waals surface area contributed by atoms with Gasteiger partial charge in [-0.25, -0.2) is 9.59 Å². The van der Waals surface area contributed by atoms with Crippen molar-refractivity contribution in [3.8, 4) is 67.0 Å². The van der Waals surface area contributed by atoms with Crippen LogP contribution in [0.15, 0.2) is 325 Å². The van der Waals surface area contributed by atoms with E-state index in [2.05, 4.69) is 316 Å². The second kappa shape index (κ2) is 64.0. The van der Waals surface area contributed by atoms with Crippen molar-refractivity contribution in [1.82, 2.24) is 0 Å². The Morgan fingerprint density at radius 2 is 0.573 bits per heavy atom. The maximum absolute atomic E-state index is 12.4. The van der Waals surface area contributed by atoms with Crippen molar-refractivity contribution in [2.24, 2.45) is 5.92 Å². The third-order valence-electron chi connectivity index (χ3n) is 26.6. The average Bonchev–Trinajstić information content (AvgIpc) is 0.789. The van der Waals surface area contributed by atoms with Crippen molar-refractivity contribution >= 4 is 54.5 Å². The first-order chi connectivity index (χ1) is 68.8. The minimum Gasteiger partial charge on any atom is -0.456 e. The lowest BCUT2D eigenvalue weighted by molar-refractivity contribution is 0.319. The lowest BCUT2D eigenvalue weighted by atomic mass is 9.77. The Labute approximate surface area is 863 Å². The summed E-state index contributed by atoms with van der Waals surface area (Å²) < 4.78 is 17.1. The lowest BCUT2D eigenvalue weighted by Crippen LogP contribution is -2.12. The Balaban J connectivity index is 0.000000295. The summed E-state index contributed by atoms with van der Waals surface area (Å²) in [6, 6.07) is 105. The summed E-state index contributed by atoms with van der Waals surface area (Å²) in [6.45, 7) is 56.6. The van der Waals surface area contributed by atoms with Crippen molar-refractivity contribution < 1.29 is 13.3 Å². The molecule has 0 radical (unpaired) electrons. The largest absolute Gasteiger partial charge is 0.456 e. The van der Waals surface area contributed by atoms with E-state index in [0.29, 0.717) is 33.4 Å². The number of hydrogen-bond donors (Lipinski definition) is 0. The molecule has 6 heteroatoms. The third-order valence-corrected chi connectivity index (χ3v) is 26.6. The molecule has 1 saturated carbocycles. The first-order valence-electron chi connectivity index (χ1n) is 53.8. The van der Waals surface area contributed by atoms with Crippen molar-refractivity contribution in [3.05, 3.63) is 412 Å². The number of hydrogen-bond acceptors (Lipinski definition) is 6. The van der Waals surface area contributed by atoms with Gasteiger partial charge in [-0.1, -0.05) is 437 Å². The molecule has 1 aliphatic carbocycles. The van der Waals surface area contributed by atoms with Crippen LogP contribution in [0.3, 0.4) is 0 Å². The molecule has 0 amide bonds. The van der Waals surface area contributed by atoms with E-state index < -0.39 is 0 Å². The van der Waals surface area contributed by atoms with Gasteiger partial charge < -0.3 is 13.3 Å². The van der Waals surface area contributed by atoms with Gasteiger partial charge in [0.2, 0.25) is 0 Å². The fraction of sp³-hybridized carbons (Fsp3) is 0.350. The van der Waals surface area contributed by atoms with Crippen LogP contribution in [-0.2, 0) is 77.0 Å². The normalized spacial score (nSPS) is 11.8. The smallest absolute Gasteiger partial charge is 0.344 e. The van der Waals surface area contributed by atoms with Crippen LogP contribution in [0.2, 0.25) is 0 Å². The number of rotatable bonds is 20. The molecule has 1 aliphatic rings. The van der Waals surface area contributed by atoms with Gasteiger partial charge in [-0.05, 0) is 326 Å². The fourth-order valence-corrected chi connectivity index (χ4v) is 17.6. The quantitative estimate of drug-likeness (QED) is 0.0558. The zero-order valence-electron chi connectivity index (χ0n) is 90.9. The van der Waals surface area contributed by atoms with Crippen LogP contribution in [0.5, 0.6) is 0 Å². The number of fused-ring (bicyclic) bond motifs is 5. The van der Waals surface area contributed by atoms with Gasteiger partial charge in [0.25, 0.3) is 0 Å². The summed E-state index contributed by atoms with van der Waals surface area (Å²) in [6.07, 6.45) is 19.1. The number of aryl methyl sites for hydroxylation is 12. The summed E-state index contributed by atoms with van der Waals surface area (Å²) in [4.78, 5) is 37.0. The molecule has 0 unspecified atom stereocenters. The van der Waals surface area contributed by atoms with E-state index in [1.165, 1.54) is 154 Å². The second-order valence-corrected chi connectivity index (χ2v) is 34.5. The van der Waals surface area contributed by atoms with Crippen molar-refractivity contribution in [1.29, 1.82) is 0 Å². The summed E-state index contributed by atoms with van der Waals surface area (Å²) in [5, 5.41) is 8.01. The minimum absolute atomic E-state index is 0. The molecule has 14 aromatic carbocycles. The molecule has 3 heterocycles. The molecule has 0 bridgehead atoms. The fourth-order valence-electron chi connectivity index (χ4n) is 17.6. The van der Waals surface area contributed by atoms with Gasteiger partial charge >= 0.3 is 11.3 Å². The highest BCUT2D eigenvalue weighted by Gasteiger charge is 2.22. The van der Waals surface area contributed by atoms with E-state index in [0.717, 1.165) is 133 Å². The van der Waals surface area contributed by atoms with Gasteiger partial charge in [0.05, 0.1) is 16.5 Å². The molecular weight excluding hydrogens is 1740 g/mol. The van der Waals surface area contributed by atoms with Gasteiger partial charge in [-0.15, -0.1) is 0 Å². The molecule has 0 saturated heterocycles. The van der Waals surface area contributed by atoms with E-state index in [1.54, 1.807) is 11.6 Å². The molecule has 0 atom stereocenters. The van der Waals surface area contributed by atoms with Gasteiger partial charge in [-0.3, -0.25) is 4.79 Å². The first kappa shape index (κ1) is 121. The summed E-state index contributed by atoms with van der Waals surface area (Å²) in [7, 11) is 0. The third kappa shape index (κ3) is 33.4. The Bertz CT molecular complexity index is 6640. The molecule has 18 rings (SSSR count). The highest BCUT2D eigenvalue weighted by molar-refractivity contribution is 5.99. The average molecular weight is 1920 g/mol. The molecule has 143 heavy (non-hydrogen) atoms. The van der Waals surface area contributed by atoms with Gasteiger partial charge in [0.15, 0.2) is 5.43 Å². The molecular formula is C137H174O6. The highest BCUT2D eigenvalue weighted by atomic mass is 16.4. The van der Waals surface area contributed by atoms with Crippen LogP contribution in [-0.4, -0.2) is 0 Å². The van der Waals surface area contributed by atoms with Crippen LogP contribution in [0.1, 0.15) is 309 Å². The number of benzene rings is 14. The van der Waals surface area contributed by atoms with E-state index in [4.69, 9.17) is 13.3 Å². The van der Waals surface area contributed by atoms with Crippen LogP contribution >= 0.6 is 0 Å². The van der Waals surface area contributed by atoms with Crippen molar-refractivity contribution in [3.63, 3.8) is 0 Å². The zero-order chi connectivity index (χ0) is 103. The highest BCUT2D eigenvalue weighted by Crippen LogP contribution is 2.39. The minimum atomic E-state index is -0.278. The summed E-state index contributed by atoms with van der Waals surface area (Å²) >= 11 is 0. The molecule has 0 N–H and O–H groups in total. The topological polar surface area (TPSA) is 90.6 Å². The summed E-state index contributed by atoms with van der Waals surface area (Å²) in [5.74, 6) is 2.38. The first-order valence-corrected chi connectivity index (χ1v) is 53.8. The van der Waals surface area contributed by atoms with E-state index >= 15 is 0 Å². The Morgan fingerprint density at radius 3 is 0.979 bits per heavy atom. The Morgan fingerprint density at radius 1 is 0.238 bits per heavy atom. The maximum Gasteiger partial charge on any atom is 0.344 e. The van der Waals surface area contributed by atoms with Crippen LogP contribution < -0.4 is 16.7 Å². The van der Waals surface area contributed by atoms with Gasteiger partial charge in [0.1, 0.15) is 22.5 Å². The molecule has 0 aliphatic heterocycles. The Kier molecular flexibility index (Phi) is 54.0. The molecule has 6 nitrogen and oxygen atoms in total. The standard InChI is InChI=1S/C24H32.C22H22.C21H22O2.2C19H18O2.C18H18.6C2H6.2CH4/c1-5-19-7-9-21(10-8-19)22-11-13-23(14-12-22)24-16-15-20(6-2)17(3)18(24)4;1-3-17-5-9-19(10-6-17)21-13-15-22(16-14-21)20-11-7-18(4-2)8-12-20;1-4-14-7-9-17(10-8-14)19-13-18-12-15(5-2)11-16(6-3)20(18)23-21(19)22;1-3-13-5-8-15(9-6-13)19-12-17(20)16-11-14(4-2)7-10-18(16)21-19;1-3-13-5-8-15(9-6-13)17-12-16-10-7-14(4-2)11-18(16)21-19(17)20;1-3-13-5-7-15-12-18-10-14(4-2)6-8-16(18)11-17(15)9-13;6*1-2;;/h11-16,19,21H,5-10H2,1-4H3;5-16H,3-4H2,1-2H3;7-13H,4-6H2,1-3H3;2*5-12H,3-4H2,1-2H3;5-12H,3-4H2,1-2H3;6*1-2H3;2*1H4. The van der Waals surface area contributed by atoms with Crippen LogP contribution in [0, 0.1) is 19.8 Å².